The zero-order valence-electron chi connectivity index (χ0n) is 17.0. The van der Waals surface area contributed by atoms with Crippen molar-refractivity contribution in [1.82, 2.24) is 0 Å². The van der Waals surface area contributed by atoms with E-state index in [-0.39, 0.29) is 23.4 Å². The molecular weight excluding hydrogens is 492 g/mol. The fourth-order valence-electron chi connectivity index (χ4n) is 5.48. The molecule has 0 spiro atoms. The van der Waals surface area contributed by atoms with Gasteiger partial charge in [-0.05, 0) is 61.5 Å². The number of para-hydroxylation sites is 1. The Bertz CT molecular complexity index is 1130. The first kappa shape index (κ1) is 24.4. The van der Waals surface area contributed by atoms with Crippen molar-refractivity contribution in [2.45, 2.75) is 49.4 Å². The predicted octanol–water partition coefficient (Wildman–Crippen LogP) is 3.64. The minimum atomic E-state index is -6.72. The summed E-state index contributed by atoms with van der Waals surface area (Å²) in [5.74, 6) is -7.83. The Kier molecular flexibility index (Phi) is 6.03. The number of rotatable bonds is 8. The van der Waals surface area contributed by atoms with Crippen LogP contribution >= 0.6 is 0 Å². The zero-order chi connectivity index (χ0) is 24.2. The molecule has 3 aliphatic rings. The van der Waals surface area contributed by atoms with Crippen LogP contribution in [0.1, 0.15) is 32.1 Å². The fourth-order valence-corrected chi connectivity index (χ4v) is 7.91. The molecule has 1 aromatic carbocycles. The second kappa shape index (κ2) is 8.17. The monoisotopic (exact) mass is 513 g/mol. The van der Waals surface area contributed by atoms with Crippen LogP contribution in [-0.2, 0) is 29.3 Å². The molecule has 4 rings (SSSR count). The normalized spacial score (nSPS) is 29.8. The average molecular weight is 514 g/mol. The van der Waals surface area contributed by atoms with Gasteiger partial charge in [0.05, 0.1) is 6.10 Å². The van der Waals surface area contributed by atoms with Gasteiger partial charge < -0.3 is 9.44 Å². The summed E-state index contributed by atoms with van der Waals surface area (Å²) in [4.78, 5) is 11.7. The molecule has 8 nitrogen and oxygen atoms in total. The van der Waals surface area contributed by atoms with Crippen LogP contribution in [0.2, 0.25) is 0 Å². The molecule has 2 bridgehead atoms. The Balaban J connectivity index is 1.46. The summed E-state index contributed by atoms with van der Waals surface area (Å²) in [6, 6.07) is 6.29. The van der Waals surface area contributed by atoms with E-state index >= 15 is 0 Å². The number of sulfonamides is 1. The number of benzene rings is 1. The van der Waals surface area contributed by atoms with Gasteiger partial charge in [0.25, 0.3) is 0 Å². The summed E-state index contributed by atoms with van der Waals surface area (Å²) in [5, 5.41) is -4.69. The smallest absolute Gasteiger partial charge is 0.401 e. The second-order valence-electron chi connectivity index (χ2n) is 8.68. The quantitative estimate of drug-likeness (QED) is 0.530. The molecular formula is C19H21F4N2O6S2-. The van der Waals surface area contributed by atoms with Crippen LogP contribution in [0.25, 0.3) is 4.13 Å². The van der Waals surface area contributed by atoms with Crippen LogP contribution in [0.3, 0.4) is 0 Å². The molecule has 1 amide bonds. The number of anilines is 1. The van der Waals surface area contributed by atoms with Crippen LogP contribution in [0, 0.1) is 23.7 Å². The third-order valence-corrected chi connectivity index (χ3v) is 9.72. The predicted molar refractivity (Wildman–Crippen MR) is 108 cm³/mol. The zero-order valence-corrected chi connectivity index (χ0v) is 18.7. The van der Waals surface area contributed by atoms with Crippen molar-refractivity contribution < 1.29 is 43.4 Å². The molecule has 184 valence electrons. The lowest BCUT2D eigenvalue weighted by molar-refractivity contribution is -0.175. The number of fused-ring (bicyclic) bond motifs is 5. The van der Waals surface area contributed by atoms with Crippen LogP contribution < -0.4 is 5.32 Å². The van der Waals surface area contributed by atoms with Crippen molar-refractivity contribution in [3.63, 3.8) is 0 Å². The van der Waals surface area contributed by atoms with Gasteiger partial charge in [0, 0.05) is 5.69 Å². The van der Waals surface area contributed by atoms with Crippen molar-refractivity contribution in [3.05, 3.63) is 34.5 Å². The number of hydrogen-bond donors (Lipinski definition) is 1. The molecule has 1 aromatic rings. The molecule has 5 unspecified atom stereocenters. The van der Waals surface area contributed by atoms with Gasteiger partial charge in [-0.25, -0.2) is 16.8 Å². The number of hydrogen-bond acceptors (Lipinski definition) is 6. The third kappa shape index (κ3) is 4.26. The van der Waals surface area contributed by atoms with Gasteiger partial charge in [0.2, 0.25) is 10.3 Å². The largest absolute Gasteiger partial charge is 0.406 e. The van der Waals surface area contributed by atoms with Gasteiger partial charge in [0.1, 0.15) is 0 Å². The van der Waals surface area contributed by atoms with E-state index in [4.69, 9.17) is 4.18 Å². The minimum absolute atomic E-state index is 0.186. The number of halogens is 4. The summed E-state index contributed by atoms with van der Waals surface area (Å²) in [6.07, 6.45) is 2.88. The third-order valence-electron chi connectivity index (χ3n) is 6.81. The SMILES string of the molecule is O=C(Nc1ccccc1)C(F)(F)C(F)(F)S(=O)(=O)[N-]S(=O)(=O)OC1CC2CC1C1CCCC21. The van der Waals surface area contributed by atoms with Gasteiger partial charge >= 0.3 is 17.1 Å². The molecule has 3 fully saturated rings. The highest BCUT2D eigenvalue weighted by molar-refractivity contribution is 8.10. The fraction of sp³-hybridized carbons (Fsp3) is 0.632. The van der Waals surface area contributed by atoms with E-state index in [0.29, 0.717) is 18.8 Å². The summed E-state index contributed by atoms with van der Waals surface area (Å²) < 4.78 is 112. The van der Waals surface area contributed by atoms with E-state index in [2.05, 4.69) is 0 Å². The van der Waals surface area contributed by atoms with E-state index in [0.717, 1.165) is 31.4 Å². The summed E-state index contributed by atoms with van der Waals surface area (Å²) in [6.45, 7) is 0. The lowest BCUT2D eigenvalue weighted by Gasteiger charge is -2.34. The van der Waals surface area contributed by atoms with Gasteiger partial charge in [-0.15, -0.1) is 0 Å². The molecule has 3 aliphatic carbocycles. The molecule has 0 aliphatic heterocycles. The Morgan fingerprint density at radius 2 is 1.61 bits per heavy atom. The lowest BCUT2D eigenvalue weighted by Crippen LogP contribution is -2.54. The van der Waals surface area contributed by atoms with Crippen molar-refractivity contribution in [2.75, 3.05) is 5.32 Å². The summed E-state index contributed by atoms with van der Waals surface area (Å²) in [7, 11) is -12.2. The van der Waals surface area contributed by atoms with E-state index in [9.17, 15) is 39.2 Å². The van der Waals surface area contributed by atoms with Crippen LogP contribution in [0.4, 0.5) is 23.2 Å². The van der Waals surface area contributed by atoms with Crippen molar-refractivity contribution >= 4 is 31.9 Å². The number of amides is 1. The highest BCUT2D eigenvalue weighted by Gasteiger charge is 2.67. The highest BCUT2D eigenvalue weighted by Crippen LogP contribution is 2.59. The number of nitrogens with zero attached hydrogens (tertiary/aromatic N) is 1. The molecule has 0 radical (unpaired) electrons. The molecule has 0 heterocycles. The maximum absolute atomic E-state index is 14.3. The van der Waals surface area contributed by atoms with Gasteiger partial charge in [-0.3, -0.25) is 8.98 Å². The first-order chi connectivity index (χ1) is 15.3. The van der Waals surface area contributed by atoms with Crippen molar-refractivity contribution in [1.29, 1.82) is 0 Å². The average Bonchev–Trinajstić information content (AvgIpc) is 3.40. The molecule has 1 N–H and O–H groups in total. The number of nitrogens with one attached hydrogen (secondary N) is 1. The van der Waals surface area contributed by atoms with Crippen LogP contribution in [-0.4, -0.2) is 40.0 Å². The van der Waals surface area contributed by atoms with E-state index in [1.54, 1.807) is 0 Å². The topological polar surface area (TPSA) is 121 Å². The lowest BCUT2D eigenvalue weighted by atomic mass is 9.80. The van der Waals surface area contributed by atoms with E-state index < -0.39 is 43.5 Å². The maximum atomic E-state index is 14.3. The summed E-state index contributed by atoms with van der Waals surface area (Å²) in [5.41, 5.74) is -0.301. The van der Waals surface area contributed by atoms with Crippen LogP contribution in [0.15, 0.2) is 30.3 Å². The molecule has 0 saturated heterocycles. The van der Waals surface area contributed by atoms with E-state index in [1.165, 1.54) is 23.5 Å². The number of carbonyl (C=O) groups is 1. The Hall–Kier alpha value is -1.77. The van der Waals surface area contributed by atoms with Gasteiger partial charge in [0.15, 0.2) is 10.0 Å². The van der Waals surface area contributed by atoms with Crippen LogP contribution in [0.5, 0.6) is 0 Å². The Labute approximate surface area is 188 Å². The summed E-state index contributed by atoms with van der Waals surface area (Å²) >= 11 is 0. The van der Waals surface area contributed by atoms with E-state index in [1.807, 2.05) is 4.13 Å². The number of alkyl halides is 4. The van der Waals surface area contributed by atoms with Gasteiger partial charge in [-0.1, -0.05) is 24.6 Å². The minimum Gasteiger partial charge on any atom is -0.406 e. The molecule has 33 heavy (non-hydrogen) atoms. The molecule has 14 heteroatoms. The molecule has 3 saturated carbocycles. The first-order valence-corrected chi connectivity index (χ1v) is 13.1. The van der Waals surface area contributed by atoms with Gasteiger partial charge in [-0.2, -0.15) is 17.6 Å². The molecule has 5 atom stereocenters. The van der Waals surface area contributed by atoms with Crippen molar-refractivity contribution in [2.24, 2.45) is 23.7 Å². The standard InChI is InChI=1S/C19H21F4N2O6S2/c20-18(21,17(26)24-12-5-2-1-3-6-12)19(22,23)32(27,28)25-33(29,30)31-16-10-11-9-15(16)14-8-4-7-13(11)14/h1-3,5-6,11,13-16H,4,7-10H2,(H,24,26)/q-1. The highest BCUT2D eigenvalue weighted by atomic mass is 32.3. The number of carbonyl (C=O) groups excluding carboxylic acids is 1. The first-order valence-electron chi connectivity index (χ1n) is 10.3. The van der Waals surface area contributed by atoms with Crippen molar-refractivity contribution in [3.8, 4) is 0 Å². The Morgan fingerprint density at radius 3 is 2.27 bits per heavy atom. The second-order valence-corrected chi connectivity index (χ2v) is 11.8. The maximum Gasteiger partial charge on any atom is 0.401 e. The molecule has 0 aromatic heterocycles. The Morgan fingerprint density at radius 1 is 0.970 bits per heavy atom.